The summed E-state index contributed by atoms with van der Waals surface area (Å²) in [6, 6.07) is 7.89. The summed E-state index contributed by atoms with van der Waals surface area (Å²) in [5.41, 5.74) is 2.04. The average Bonchev–Trinajstić information content (AvgIpc) is 2.39. The van der Waals surface area contributed by atoms with Crippen LogP contribution in [-0.4, -0.2) is 19.0 Å². The maximum absolute atomic E-state index is 11.9. The van der Waals surface area contributed by atoms with Crippen LogP contribution in [0.4, 0.5) is 0 Å². The number of carbonyl (C=O) groups excluding carboxylic acids is 1. The second kappa shape index (κ2) is 8.87. The van der Waals surface area contributed by atoms with Gasteiger partial charge in [0.05, 0.1) is 0 Å². The molecule has 0 unspecified atom stereocenters. The van der Waals surface area contributed by atoms with Crippen LogP contribution in [0.25, 0.3) is 0 Å². The van der Waals surface area contributed by atoms with E-state index in [9.17, 15) is 4.79 Å². The highest BCUT2D eigenvalue weighted by Crippen LogP contribution is 2.08. The molecule has 1 rings (SSSR count). The predicted octanol–water partition coefficient (Wildman–Crippen LogP) is 4.27. The summed E-state index contributed by atoms with van der Waals surface area (Å²) in [5.74, 6) is 0.776. The van der Waals surface area contributed by atoms with Gasteiger partial charge in [0.15, 0.2) is 5.78 Å². The first kappa shape index (κ1) is 15.9. The van der Waals surface area contributed by atoms with Crippen molar-refractivity contribution in [2.45, 2.75) is 46.5 Å². The van der Waals surface area contributed by atoms with Crippen LogP contribution >= 0.6 is 0 Å². The fraction of sp³-hybridized carbons (Fsp3) is 0.588. The maximum atomic E-state index is 11.9. The molecule has 0 amide bonds. The number of rotatable bonds is 9. The molecule has 106 valence electrons. The van der Waals surface area contributed by atoms with Crippen molar-refractivity contribution >= 4 is 5.78 Å². The Morgan fingerprint density at radius 2 is 1.89 bits per heavy atom. The third-order valence-electron chi connectivity index (χ3n) is 3.12. The third-order valence-corrected chi connectivity index (χ3v) is 3.12. The Morgan fingerprint density at radius 1 is 1.21 bits per heavy atom. The van der Waals surface area contributed by atoms with Gasteiger partial charge in [0.2, 0.25) is 0 Å². The number of carbonyl (C=O) groups is 1. The van der Waals surface area contributed by atoms with Gasteiger partial charge in [0.25, 0.3) is 0 Å². The van der Waals surface area contributed by atoms with Crippen molar-refractivity contribution in [3.8, 4) is 0 Å². The van der Waals surface area contributed by atoms with Crippen molar-refractivity contribution in [3.05, 3.63) is 35.4 Å². The molecule has 0 fully saturated rings. The van der Waals surface area contributed by atoms with Crippen molar-refractivity contribution < 1.29 is 9.53 Å². The average molecular weight is 262 g/mol. The summed E-state index contributed by atoms with van der Waals surface area (Å²) >= 11 is 0. The molecule has 0 saturated carbocycles. The molecule has 0 bridgehead atoms. The van der Waals surface area contributed by atoms with Gasteiger partial charge < -0.3 is 4.74 Å². The Bertz CT molecular complexity index is 365. The lowest BCUT2D eigenvalue weighted by atomic mass is 10.1. The van der Waals surface area contributed by atoms with Crippen LogP contribution < -0.4 is 0 Å². The maximum Gasteiger partial charge on any atom is 0.188 e. The molecule has 0 atom stereocenters. The molecule has 1 aromatic carbocycles. The number of hydrogen-bond acceptors (Lipinski definition) is 2. The molecule has 19 heavy (non-hydrogen) atoms. The molecule has 0 aliphatic rings. The fourth-order valence-corrected chi connectivity index (χ4v) is 1.99. The van der Waals surface area contributed by atoms with Crippen molar-refractivity contribution in [1.29, 1.82) is 0 Å². The SMILES string of the molecule is CCCc1ccc(C(=O)COCCCC(C)C)cc1. The summed E-state index contributed by atoms with van der Waals surface area (Å²) in [5, 5.41) is 0. The van der Waals surface area contributed by atoms with Gasteiger partial charge in [-0.1, -0.05) is 51.5 Å². The first-order chi connectivity index (χ1) is 9.13. The van der Waals surface area contributed by atoms with E-state index in [1.807, 2.05) is 24.3 Å². The Labute approximate surface area is 117 Å². The van der Waals surface area contributed by atoms with E-state index in [0.29, 0.717) is 12.5 Å². The van der Waals surface area contributed by atoms with Gasteiger partial charge in [-0.25, -0.2) is 0 Å². The summed E-state index contributed by atoms with van der Waals surface area (Å²) in [6.07, 6.45) is 4.38. The van der Waals surface area contributed by atoms with E-state index < -0.39 is 0 Å². The summed E-state index contributed by atoms with van der Waals surface area (Å²) in [4.78, 5) is 11.9. The van der Waals surface area contributed by atoms with Crippen LogP contribution in [-0.2, 0) is 11.2 Å². The van der Waals surface area contributed by atoms with Crippen LogP contribution in [0.1, 0.15) is 56.0 Å². The highest BCUT2D eigenvalue weighted by Gasteiger charge is 2.05. The molecule has 1 aromatic rings. The van der Waals surface area contributed by atoms with Gasteiger partial charge in [-0.2, -0.15) is 0 Å². The zero-order chi connectivity index (χ0) is 14.1. The quantitative estimate of drug-likeness (QED) is 0.490. The minimum Gasteiger partial charge on any atom is -0.373 e. The predicted molar refractivity (Wildman–Crippen MR) is 79.7 cm³/mol. The third kappa shape index (κ3) is 6.53. The Kier molecular flexibility index (Phi) is 7.42. The van der Waals surface area contributed by atoms with E-state index >= 15 is 0 Å². The lowest BCUT2D eigenvalue weighted by Crippen LogP contribution is -2.10. The second-order valence-corrected chi connectivity index (χ2v) is 5.46. The van der Waals surface area contributed by atoms with Crippen LogP contribution in [0.15, 0.2) is 24.3 Å². The number of aryl methyl sites for hydroxylation is 1. The van der Waals surface area contributed by atoms with Gasteiger partial charge in [0.1, 0.15) is 6.61 Å². The number of hydrogen-bond donors (Lipinski definition) is 0. The molecule has 2 nitrogen and oxygen atoms in total. The summed E-state index contributed by atoms with van der Waals surface area (Å²) < 4.78 is 5.43. The number of Topliss-reactive ketones (excluding diaryl/α,β-unsaturated/α-hetero) is 1. The highest BCUT2D eigenvalue weighted by atomic mass is 16.5. The van der Waals surface area contributed by atoms with E-state index in [-0.39, 0.29) is 12.4 Å². The second-order valence-electron chi connectivity index (χ2n) is 5.46. The molecule has 0 saturated heterocycles. The first-order valence-electron chi connectivity index (χ1n) is 7.33. The van der Waals surface area contributed by atoms with Gasteiger partial charge in [-0.15, -0.1) is 0 Å². The molecule has 0 N–H and O–H groups in total. The monoisotopic (exact) mass is 262 g/mol. The van der Waals surface area contributed by atoms with E-state index in [4.69, 9.17) is 4.74 Å². The lowest BCUT2D eigenvalue weighted by molar-refractivity contribution is 0.0749. The van der Waals surface area contributed by atoms with E-state index in [1.54, 1.807) is 0 Å². The van der Waals surface area contributed by atoms with Gasteiger partial charge >= 0.3 is 0 Å². The summed E-state index contributed by atoms with van der Waals surface area (Å²) in [6.45, 7) is 7.43. The molecular weight excluding hydrogens is 236 g/mol. The molecule has 0 radical (unpaired) electrons. The van der Waals surface area contributed by atoms with E-state index in [2.05, 4.69) is 20.8 Å². The number of benzene rings is 1. The smallest absolute Gasteiger partial charge is 0.188 e. The molecule has 0 aliphatic carbocycles. The zero-order valence-electron chi connectivity index (χ0n) is 12.4. The van der Waals surface area contributed by atoms with Gasteiger partial charge in [-0.05, 0) is 30.7 Å². The molecular formula is C17H26O2. The van der Waals surface area contributed by atoms with Crippen molar-refractivity contribution in [3.63, 3.8) is 0 Å². The minimum absolute atomic E-state index is 0.0765. The normalized spacial score (nSPS) is 10.9. The van der Waals surface area contributed by atoms with Crippen LogP contribution in [0.5, 0.6) is 0 Å². The van der Waals surface area contributed by atoms with Crippen LogP contribution in [0.2, 0.25) is 0 Å². The molecule has 0 aromatic heterocycles. The topological polar surface area (TPSA) is 26.3 Å². The Balaban J connectivity index is 2.29. The minimum atomic E-state index is 0.0765. The standard InChI is InChI=1S/C17H26O2/c1-4-6-15-8-10-16(11-9-15)17(18)13-19-12-5-7-14(2)3/h8-11,14H,4-7,12-13H2,1-3H3. The molecule has 2 heteroatoms. The van der Waals surface area contributed by atoms with Gasteiger partial charge in [-0.3, -0.25) is 4.79 Å². The number of ether oxygens (including phenoxy) is 1. The van der Waals surface area contributed by atoms with Crippen molar-refractivity contribution in [2.75, 3.05) is 13.2 Å². The largest absolute Gasteiger partial charge is 0.373 e. The van der Waals surface area contributed by atoms with E-state index in [1.165, 1.54) is 5.56 Å². The zero-order valence-corrected chi connectivity index (χ0v) is 12.4. The van der Waals surface area contributed by atoms with Crippen molar-refractivity contribution in [1.82, 2.24) is 0 Å². The highest BCUT2D eigenvalue weighted by molar-refractivity contribution is 5.97. The lowest BCUT2D eigenvalue weighted by Gasteiger charge is -2.06. The summed E-state index contributed by atoms with van der Waals surface area (Å²) in [7, 11) is 0. The van der Waals surface area contributed by atoms with Crippen LogP contribution in [0, 0.1) is 5.92 Å². The molecule has 0 spiro atoms. The van der Waals surface area contributed by atoms with Gasteiger partial charge in [0, 0.05) is 12.2 Å². The first-order valence-corrected chi connectivity index (χ1v) is 7.33. The molecule has 0 aliphatic heterocycles. The Hall–Kier alpha value is -1.15. The van der Waals surface area contributed by atoms with E-state index in [0.717, 1.165) is 31.2 Å². The fourth-order valence-electron chi connectivity index (χ4n) is 1.99. The number of ketones is 1. The van der Waals surface area contributed by atoms with Crippen molar-refractivity contribution in [2.24, 2.45) is 5.92 Å². The van der Waals surface area contributed by atoms with Crippen LogP contribution in [0.3, 0.4) is 0 Å². The Morgan fingerprint density at radius 3 is 2.47 bits per heavy atom. The molecule has 0 heterocycles.